The summed E-state index contributed by atoms with van der Waals surface area (Å²) >= 11 is 0. The van der Waals surface area contributed by atoms with Crippen molar-refractivity contribution in [1.82, 2.24) is 0 Å². The van der Waals surface area contributed by atoms with E-state index in [1.54, 1.807) is 0 Å². The normalized spacial score (nSPS) is 37.1. The summed E-state index contributed by atoms with van der Waals surface area (Å²) in [4.78, 5) is 0. The summed E-state index contributed by atoms with van der Waals surface area (Å²) in [5, 5.41) is 0. The SMILES string of the molecule is CCC1(N)CCCC(C)(C)C1. The molecule has 0 radical (unpaired) electrons. The van der Waals surface area contributed by atoms with Crippen molar-refractivity contribution in [3.63, 3.8) is 0 Å². The highest BCUT2D eigenvalue weighted by molar-refractivity contribution is 4.93. The molecule has 11 heavy (non-hydrogen) atoms. The van der Waals surface area contributed by atoms with Crippen LogP contribution >= 0.6 is 0 Å². The quantitative estimate of drug-likeness (QED) is 0.619. The minimum Gasteiger partial charge on any atom is -0.325 e. The van der Waals surface area contributed by atoms with Gasteiger partial charge >= 0.3 is 0 Å². The van der Waals surface area contributed by atoms with Gasteiger partial charge in [0.2, 0.25) is 0 Å². The van der Waals surface area contributed by atoms with Crippen LogP contribution in [0.5, 0.6) is 0 Å². The Labute approximate surface area is 70.4 Å². The van der Waals surface area contributed by atoms with Crippen molar-refractivity contribution in [1.29, 1.82) is 0 Å². The molecule has 1 aliphatic rings. The van der Waals surface area contributed by atoms with Gasteiger partial charge in [-0.1, -0.05) is 27.2 Å². The van der Waals surface area contributed by atoms with Crippen LogP contribution in [-0.4, -0.2) is 5.54 Å². The first-order valence-corrected chi connectivity index (χ1v) is 4.76. The van der Waals surface area contributed by atoms with E-state index in [4.69, 9.17) is 5.73 Å². The molecule has 0 heterocycles. The second kappa shape index (κ2) is 2.78. The maximum absolute atomic E-state index is 6.23. The molecular formula is C10H21N. The van der Waals surface area contributed by atoms with E-state index >= 15 is 0 Å². The van der Waals surface area contributed by atoms with E-state index in [9.17, 15) is 0 Å². The van der Waals surface area contributed by atoms with Gasteiger partial charge in [-0.15, -0.1) is 0 Å². The van der Waals surface area contributed by atoms with Crippen LogP contribution in [0.25, 0.3) is 0 Å². The maximum Gasteiger partial charge on any atom is 0.0156 e. The van der Waals surface area contributed by atoms with Gasteiger partial charge in [0.1, 0.15) is 0 Å². The molecule has 1 saturated carbocycles. The van der Waals surface area contributed by atoms with Gasteiger partial charge < -0.3 is 5.73 Å². The number of hydrogen-bond donors (Lipinski definition) is 1. The molecule has 0 aromatic carbocycles. The largest absolute Gasteiger partial charge is 0.325 e. The molecule has 1 fully saturated rings. The molecule has 0 aromatic rings. The molecule has 1 unspecified atom stereocenters. The van der Waals surface area contributed by atoms with Crippen molar-refractivity contribution in [2.45, 2.75) is 58.4 Å². The van der Waals surface area contributed by atoms with Gasteiger partial charge in [0.05, 0.1) is 0 Å². The topological polar surface area (TPSA) is 26.0 Å². The third-order valence-electron chi connectivity index (χ3n) is 3.06. The van der Waals surface area contributed by atoms with Crippen LogP contribution in [0, 0.1) is 5.41 Å². The van der Waals surface area contributed by atoms with Crippen molar-refractivity contribution < 1.29 is 0 Å². The molecule has 0 spiro atoms. The number of hydrogen-bond acceptors (Lipinski definition) is 1. The highest BCUT2D eigenvalue weighted by atomic mass is 14.7. The van der Waals surface area contributed by atoms with E-state index < -0.39 is 0 Å². The van der Waals surface area contributed by atoms with Crippen molar-refractivity contribution in [2.75, 3.05) is 0 Å². The third-order valence-corrected chi connectivity index (χ3v) is 3.06. The lowest BCUT2D eigenvalue weighted by Crippen LogP contribution is -2.46. The second-order valence-corrected chi connectivity index (χ2v) is 4.91. The first kappa shape index (κ1) is 9.05. The zero-order chi connectivity index (χ0) is 8.54. The molecule has 1 rings (SSSR count). The van der Waals surface area contributed by atoms with Crippen molar-refractivity contribution in [2.24, 2.45) is 11.1 Å². The minimum atomic E-state index is 0.155. The summed E-state index contributed by atoms with van der Waals surface area (Å²) in [5.74, 6) is 0. The first-order chi connectivity index (χ1) is 4.97. The molecule has 0 aromatic heterocycles. The van der Waals surface area contributed by atoms with Gasteiger partial charge in [0, 0.05) is 5.54 Å². The summed E-state index contributed by atoms with van der Waals surface area (Å²) in [6, 6.07) is 0. The Morgan fingerprint density at radius 3 is 2.27 bits per heavy atom. The predicted molar refractivity (Wildman–Crippen MR) is 49.5 cm³/mol. The van der Waals surface area contributed by atoms with Crippen LogP contribution in [0.1, 0.15) is 52.9 Å². The highest BCUT2D eigenvalue weighted by Crippen LogP contribution is 2.40. The molecule has 1 aliphatic carbocycles. The first-order valence-electron chi connectivity index (χ1n) is 4.76. The molecule has 1 heteroatoms. The average Bonchev–Trinajstić information content (AvgIpc) is 1.85. The monoisotopic (exact) mass is 155 g/mol. The Balaban J connectivity index is 2.59. The zero-order valence-corrected chi connectivity index (χ0v) is 8.11. The highest BCUT2D eigenvalue weighted by Gasteiger charge is 2.35. The zero-order valence-electron chi connectivity index (χ0n) is 8.11. The van der Waals surface area contributed by atoms with Crippen LogP contribution in [0.4, 0.5) is 0 Å². The average molecular weight is 155 g/mol. The predicted octanol–water partition coefficient (Wildman–Crippen LogP) is 2.69. The molecule has 66 valence electrons. The molecular weight excluding hydrogens is 134 g/mol. The van der Waals surface area contributed by atoms with E-state index in [2.05, 4.69) is 20.8 Å². The van der Waals surface area contributed by atoms with Crippen LogP contribution in [-0.2, 0) is 0 Å². The molecule has 2 N–H and O–H groups in total. The fraction of sp³-hybridized carbons (Fsp3) is 1.00. The Morgan fingerprint density at radius 2 is 1.91 bits per heavy atom. The summed E-state index contributed by atoms with van der Waals surface area (Å²) in [6.07, 6.45) is 6.24. The lowest BCUT2D eigenvalue weighted by atomic mass is 9.67. The van der Waals surface area contributed by atoms with Gasteiger partial charge in [-0.2, -0.15) is 0 Å². The Morgan fingerprint density at radius 1 is 1.27 bits per heavy atom. The fourth-order valence-electron chi connectivity index (χ4n) is 2.35. The van der Waals surface area contributed by atoms with Gasteiger partial charge in [-0.3, -0.25) is 0 Å². The van der Waals surface area contributed by atoms with Crippen molar-refractivity contribution in [3.05, 3.63) is 0 Å². The number of rotatable bonds is 1. The Kier molecular flexibility index (Phi) is 2.29. The van der Waals surface area contributed by atoms with Crippen LogP contribution in [0.2, 0.25) is 0 Å². The van der Waals surface area contributed by atoms with Gasteiger partial charge in [-0.25, -0.2) is 0 Å². The van der Waals surface area contributed by atoms with E-state index in [1.807, 2.05) is 0 Å². The maximum atomic E-state index is 6.23. The molecule has 1 nitrogen and oxygen atoms in total. The van der Waals surface area contributed by atoms with Gasteiger partial charge in [-0.05, 0) is 31.1 Å². The third kappa shape index (κ3) is 2.19. The van der Waals surface area contributed by atoms with Crippen LogP contribution in [0.3, 0.4) is 0 Å². The summed E-state index contributed by atoms with van der Waals surface area (Å²) in [7, 11) is 0. The van der Waals surface area contributed by atoms with E-state index in [0.29, 0.717) is 5.41 Å². The lowest BCUT2D eigenvalue weighted by Gasteiger charge is -2.42. The molecule has 0 saturated heterocycles. The number of nitrogens with two attached hydrogens (primary N) is 1. The summed E-state index contributed by atoms with van der Waals surface area (Å²) in [6.45, 7) is 6.88. The Bertz CT molecular complexity index is 140. The molecule has 1 atom stereocenters. The Hall–Kier alpha value is -0.0400. The van der Waals surface area contributed by atoms with E-state index in [-0.39, 0.29) is 5.54 Å². The van der Waals surface area contributed by atoms with Crippen LogP contribution in [0.15, 0.2) is 0 Å². The van der Waals surface area contributed by atoms with Crippen molar-refractivity contribution >= 4 is 0 Å². The molecule has 0 amide bonds. The fourth-order valence-corrected chi connectivity index (χ4v) is 2.35. The second-order valence-electron chi connectivity index (χ2n) is 4.91. The molecule has 0 aliphatic heterocycles. The van der Waals surface area contributed by atoms with E-state index in [0.717, 1.165) is 6.42 Å². The minimum absolute atomic E-state index is 0.155. The standard InChI is InChI=1S/C10H21N/c1-4-10(11)7-5-6-9(2,3)8-10/h4-8,11H2,1-3H3. The van der Waals surface area contributed by atoms with Gasteiger partial charge in [0.15, 0.2) is 0 Å². The van der Waals surface area contributed by atoms with Gasteiger partial charge in [0.25, 0.3) is 0 Å². The van der Waals surface area contributed by atoms with Crippen LogP contribution < -0.4 is 5.73 Å². The lowest BCUT2D eigenvalue weighted by molar-refractivity contribution is 0.148. The molecule has 0 bridgehead atoms. The van der Waals surface area contributed by atoms with E-state index in [1.165, 1.54) is 25.7 Å². The summed E-state index contributed by atoms with van der Waals surface area (Å²) in [5.41, 5.74) is 6.88. The summed E-state index contributed by atoms with van der Waals surface area (Å²) < 4.78 is 0. The van der Waals surface area contributed by atoms with Crippen molar-refractivity contribution in [3.8, 4) is 0 Å². The smallest absolute Gasteiger partial charge is 0.0156 e.